The highest BCUT2D eigenvalue weighted by molar-refractivity contribution is 7.86. The first-order chi connectivity index (χ1) is 11.3. The number of hydrogen-bond acceptors (Lipinski definition) is 6. The fourth-order valence-corrected chi connectivity index (χ4v) is 2.79. The molecule has 0 spiro atoms. The molecule has 1 aromatic heterocycles. The third-order valence-electron chi connectivity index (χ3n) is 3.17. The molecule has 1 unspecified atom stereocenters. The van der Waals surface area contributed by atoms with Crippen molar-refractivity contribution in [3.8, 4) is 0 Å². The van der Waals surface area contributed by atoms with E-state index in [1.54, 1.807) is 12.1 Å². The topological polar surface area (TPSA) is 106 Å². The van der Waals surface area contributed by atoms with E-state index in [1.165, 1.54) is 37.4 Å². The number of aryl methyl sites for hydroxylation is 1. The minimum absolute atomic E-state index is 0.0273. The Kier molecular flexibility index (Phi) is 5.66. The zero-order valence-corrected chi connectivity index (χ0v) is 14.1. The molecule has 0 bridgehead atoms. The van der Waals surface area contributed by atoms with Crippen LogP contribution in [0, 0.1) is 6.92 Å². The summed E-state index contributed by atoms with van der Waals surface area (Å²) in [6, 6.07) is 9.26. The molecule has 0 aliphatic rings. The van der Waals surface area contributed by atoms with E-state index in [2.05, 4.69) is 10.3 Å². The van der Waals surface area contributed by atoms with Crippen LogP contribution in [-0.2, 0) is 19.1 Å². The number of aliphatic hydroxyl groups is 1. The second-order valence-corrected chi connectivity index (χ2v) is 6.84. The van der Waals surface area contributed by atoms with Crippen molar-refractivity contribution in [2.45, 2.75) is 24.8 Å². The van der Waals surface area contributed by atoms with E-state index in [1.807, 2.05) is 6.92 Å². The Labute approximate surface area is 140 Å². The number of carbonyl (C=O) groups excluding carboxylic acids is 1. The van der Waals surface area contributed by atoms with Gasteiger partial charge in [-0.1, -0.05) is 23.8 Å². The van der Waals surface area contributed by atoms with Crippen molar-refractivity contribution in [1.82, 2.24) is 4.98 Å². The molecule has 0 saturated heterocycles. The molecule has 1 heterocycles. The van der Waals surface area contributed by atoms with Gasteiger partial charge >= 0.3 is 0 Å². The van der Waals surface area contributed by atoms with Gasteiger partial charge in [0.1, 0.15) is 11.9 Å². The van der Waals surface area contributed by atoms with Crippen LogP contribution in [-0.4, -0.2) is 31.0 Å². The van der Waals surface area contributed by atoms with Crippen molar-refractivity contribution in [2.75, 3.05) is 11.9 Å². The number of aromatic nitrogens is 1. The van der Waals surface area contributed by atoms with Crippen LogP contribution < -0.4 is 5.32 Å². The Bertz CT molecular complexity index is 801. The summed E-state index contributed by atoms with van der Waals surface area (Å²) in [5.74, 6) is 0.0787. The van der Waals surface area contributed by atoms with E-state index >= 15 is 0 Å². The number of pyridine rings is 1. The smallest absolute Gasteiger partial charge is 0.297 e. The summed E-state index contributed by atoms with van der Waals surface area (Å²) in [5.41, 5.74) is 1.31. The number of benzene rings is 1. The second-order valence-electron chi connectivity index (χ2n) is 5.23. The van der Waals surface area contributed by atoms with Gasteiger partial charge in [-0.25, -0.2) is 4.98 Å². The largest absolute Gasteiger partial charge is 0.386 e. The van der Waals surface area contributed by atoms with Crippen molar-refractivity contribution in [2.24, 2.45) is 0 Å². The van der Waals surface area contributed by atoms with Crippen LogP contribution in [0.15, 0.2) is 47.5 Å². The van der Waals surface area contributed by atoms with Gasteiger partial charge in [0.2, 0.25) is 5.91 Å². The number of nitrogens with zero attached hydrogens (tertiary/aromatic N) is 1. The summed E-state index contributed by atoms with van der Waals surface area (Å²) in [7, 11) is -3.94. The highest BCUT2D eigenvalue weighted by atomic mass is 32.2. The van der Waals surface area contributed by atoms with Gasteiger partial charge in [0.25, 0.3) is 10.1 Å². The maximum atomic E-state index is 12.1. The number of amides is 1. The van der Waals surface area contributed by atoms with E-state index in [9.17, 15) is 18.3 Å². The van der Waals surface area contributed by atoms with Crippen molar-refractivity contribution in [3.05, 3.63) is 53.7 Å². The SMILES string of the molecule is CC(=O)Nc1ccc(C(O)COS(=O)(=O)c2ccc(C)cc2)cn1. The molecule has 24 heavy (non-hydrogen) atoms. The first-order valence-electron chi connectivity index (χ1n) is 7.15. The van der Waals surface area contributed by atoms with E-state index in [0.717, 1.165) is 5.56 Å². The highest BCUT2D eigenvalue weighted by Crippen LogP contribution is 2.18. The summed E-state index contributed by atoms with van der Waals surface area (Å²) in [6.07, 6.45) is 0.182. The van der Waals surface area contributed by atoms with Crippen LogP contribution in [0.1, 0.15) is 24.2 Å². The van der Waals surface area contributed by atoms with Crippen molar-refractivity contribution in [1.29, 1.82) is 0 Å². The van der Waals surface area contributed by atoms with Crippen molar-refractivity contribution in [3.63, 3.8) is 0 Å². The van der Waals surface area contributed by atoms with Gasteiger partial charge in [0.15, 0.2) is 0 Å². The van der Waals surface area contributed by atoms with Gasteiger partial charge in [-0.2, -0.15) is 8.42 Å². The summed E-state index contributed by atoms with van der Waals surface area (Å²) >= 11 is 0. The molecule has 0 aliphatic carbocycles. The number of aliphatic hydroxyl groups excluding tert-OH is 1. The molecule has 2 aromatic rings. The molecule has 2 N–H and O–H groups in total. The Morgan fingerprint density at radius 1 is 1.25 bits per heavy atom. The Morgan fingerprint density at radius 2 is 1.92 bits per heavy atom. The summed E-state index contributed by atoms with van der Waals surface area (Å²) in [5, 5.41) is 12.5. The Balaban J connectivity index is 2.00. The third-order valence-corrected chi connectivity index (χ3v) is 4.46. The lowest BCUT2D eigenvalue weighted by Gasteiger charge is -2.12. The number of carbonyl (C=O) groups is 1. The fraction of sp³-hybridized carbons (Fsp3) is 0.250. The molecule has 7 nitrogen and oxygen atoms in total. The quantitative estimate of drug-likeness (QED) is 0.770. The molecular weight excluding hydrogens is 332 g/mol. The molecule has 0 aliphatic heterocycles. The molecule has 1 amide bonds. The first kappa shape index (κ1) is 18.1. The minimum Gasteiger partial charge on any atom is -0.386 e. The van der Waals surface area contributed by atoms with Crippen LogP contribution in [0.5, 0.6) is 0 Å². The lowest BCUT2D eigenvalue weighted by atomic mass is 10.2. The van der Waals surface area contributed by atoms with Crippen LogP contribution in [0.4, 0.5) is 5.82 Å². The first-order valence-corrected chi connectivity index (χ1v) is 8.56. The van der Waals surface area contributed by atoms with Crippen LogP contribution in [0.3, 0.4) is 0 Å². The molecule has 1 atom stereocenters. The molecule has 8 heteroatoms. The molecule has 1 aromatic carbocycles. The molecule has 128 valence electrons. The Morgan fingerprint density at radius 3 is 2.46 bits per heavy atom. The predicted molar refractivity (Wildman–Crippen MR) is 87.8 cm³/mol. The monoisotopic (exact) mass is 350 g/mol. The molecular formula is C16H18N2O5S. The lowest BCUT2D eigenvalue weighted by Crippen LogP contribution is -2.14. The van der Waals surface area contributed by atoms with Gasteiger partial charge in [-0.05, 0) is 25.1 Å². The normalized spacial score (nSPS) is 12.6. The highest BCUT2D eigenvalue weighted by Gasteiger charge is 2.18. The van der Waals surface area contributed by atoms with Gasteiger partial charge in [-0.15, -0.1) is 0 Å². The Hall–Kier alpha value is -2.29. The zero-order chi connectivity index (χ0) is 17.7. The zero-order valence-electron chi connectivity index (χ0n) is 13.3. The van der Waals surface area contributed by atoms with E-state index in [-0.39, 0.29) is 10.8 Å². The predicted octanol–water partition coefficient (Wildman–Crippen LogP) is 1.79. The van der Waals surface area contributed by atoms with Crippen molar-refractivity contribution >= 4 is 21.8 Å². The summed E-state index contributed by atoms with van der Waals surface area (Å²) < 4.78 is 29.0. The molecule has 0 saturated carbocycles. The van der Waals surface area contributed by atoms with E-state index < -0.39 is 22.8 Å². The van der Waals surface area contributed by atoms with Crippen LogP contribution in [0.2, 0.25) is 0 Å². The van der Waals surface area contributed by atoms with Crippen molar-refractivity contribution < 1.29 is 22.5 Å². The molecule has 0 fully saturated rings. The third kappa shape index (κ3) is 4.85. The maximum Gasteiger partial charge on any atom is 0.297 e. The number of rotatable bonds is 6. The van der Waals surface area contributed by atoms with E-state index in [0.29, 0.717) is 11.4 Å². The standard InChI is InChI=1S/C16H18N2O5S/c1-11-3-6-14(7-4-11)24(21,22)23-10-15(20)13-5-8-16(17-9-13)18-12(2)19/h3-9,15,20H,10H2,1-2H3,(H,17,18,19). The molecule has 2 rings (SSSR count). The van der Waals surface area contributed by atoms with Gasteiger partial charge in [-0.3, -0.25) is 8.98 Å². The average Bonchev–Trinajstić information content (AvgIpc) is 2.53. The second kappa shape index (κ2) is 7.52. The molecule has 0 radical (unpaired) electrons. The summed E-state index contributed by atoms with van der Waals surface area (Å²) in [6.45, 7) is 2.77. The summed E-state index contributed by atoms with van der Waals surface area (Å²) in [4.78, 5) is 14.9. The van der Waals surface area contributed by atoms with Gasteiger partial charge < -0.3 is 10.4 Å². The van der Waals surface area contributed by atoms with Gasteiger partial charge in [0.05, 0.1) is 11.5 Å². The maximum absolute atomic E-state index is 12.1. The number of nitrogens with one attached hydrogen (secondary N) is 1. The fourth-order valence-electron chi connectivity index (χ4n) is 1.88. The minimum atomic E-state index is -3.94. The van der Waals surface area contributed by atoms with Crippen LogP contribution in [0.25, 0.3) is 0 Å². The van der Waals surface area contributed by atoms with Crippen LogP contribution >= 0.6 is 0 Å². The number of anilines is 1. The van der Waals surface area contributed by atoms with E-state index in [4.69, 9.17) is 4.18 Å². The number of hydrogen-bond donors (Lipinski definition) is 2. The lowest BCUT2D eigenvalue weighted by molar-refractivity contribution is -0.114. The van der Waals surface area contributed by atoms with Gasteiger partial charge in [0, 0.05) is 18.7 Å². The average molecular weight is 350 g/mol.